The third kappa shape index (κ3) is 18.3. The van der Waals surface area contributed by atoms with Crippen LogP contribution < -0.4 is 25.7 Å². The summed E-state index contributed by atoms with van der Waals surface area (Å²) in [5, 5.41) is 8.38. The van der Waals surface area contributed by atoms with E-state index in [1.165, 1.54) is 11.1 Å². The van der Waals surface area contributed by atoms with Crippen LogP contribution in [0.25, 0.3) is 0 Å². The van der Waals surface area contributed by atoms with E-state index in [1.807, 2.05) is 68.4 Å². The number of aromatic carboxylic acids is 1. The summed E-state index contributed by atoms with van der Waals surface area (Å²) in [5.74, 6) is 2.67. The van der Waals surface area contributed by atoms with Crippen LogP contribution in [0.4, 0.5) is 0 Å². The van der Waals surface area contributed by atoms with Gasteiger partial charge in [-0.1, -0.05) is 86.3 Å². The second-order valence-electron chi connectivity index (χ2n) is 14.3. The van der Waals surface area contributed by atoms with Gasteiger partial charge in [-0.05, 0) is 85.7 Å². The molecule has 5 N–H and O–H groups in total. The van der Waals surface area contributed by atoms with Crippen molar-refractivity contribution < 1.29 is 43.1 Å². The fourth-order valence-electron chi connectivity index (χ4n) is 4.98. The molecule has 3 aliphatic heterocycles. The van der Waals surface area contributed by atoms with E-state index in [4.69, 9.17) is 61.9 Å². The summed E-state index contributed by atoms with van der Waals surface area (Å²) >= 11 is 6.48. The first-order valence-electron chi connectivity index (χ1n) is 19.0. The Morgan fingerprint density at radius 2 is 1.12 bits per heavy atom. The van der Waals surface area contributed by atoms with Gasteiger partial charge >= 0.3 is 5.97 Å². The monoisotopic (exact) mass is 820 g/mol. The minimum Gasteiger partial charge on any atom is -0.491 e. The Balaban J connectivity index is 0.000000189. The molecule has 0 aliphatic carbocycles. The standard InChI is InChI=1S/C21H24O4.C10H10O2S2.C7H6O2.C6H16N2O/c1-21(2,15-3-7-17(8-4-15)22-11-19-13-24-19)16-5-9-18(10-6-16)23-12-20-14-25-20;13-10-12-9(7-14-10)6-11-8-4-2-1-3-5-8;8-7(9)6-4-2-1-3-5-6;1-5(7)3-9-4-6(2)8/h3-10,19-20H,11-14H2,1-2H3;1-5,9H,6-7H2;1-5H,(H,8,9);5-6H,3-4,7-8H2,1-2H3. The zero-order chi connectivity index (χ0) is 41.0. The van der Waals surface area contributed by atoms with Crippen molar-refractivity contribution in [2.75, 3.05) is 52.0 Å². The Hall–Kier alpha value is -4.21. The molecule has 4 aromatic rings. The maximum Gasteiger partial charge on any atom is 0.335 e. The van der Waals surface area contributed by atoms with E-state index in [2.05, 4.69) is 38.1 Å². The highest BCUT2D eigenvalue weighted by molar-refractivity contribution is 8.22. The number of thiocarbonyl (C=S) groups is 1. The van der Waals surface area contributed by atoms with Crippen molar-refractivity contribution in [3.8, 4) is 17.2 Å². The van der Waals surface area contributed by atoms with Crippen LogP contribution in [0.15, 0.2) is 109 Å². The Labute approximate surface area is 346 Å². The Morgan fingerprint density at radius 1 is 0.719 bits per heavy atom. The lowest BCUT2D eigenvalue weighted by Gasteiger charge is -2.26. The van der Waals surface area contributed by atoms with Gasteiger partial charge in [0, 0.05) is 23.3 Å². The van der Waals surface area contributed by atoms with Crippen molar-refractivity contribution in [2.24, 2.45) is 11.5 Å². The third-order valence-corrected chi connectivity index (χ3v) is 9.76. The van der Waals surface area contributed by atoms with Gasteiger partial charge in [0.05, 0.1) is 32.0 Å². The second-order valence-corrected chi connectivity index (χ2v) is 15.9. The summed E-state index contributed by atoms with van der Waals surface area (Å²) in [5.41, 5.74) is 13.6. The first-order valence-corrected chi connectivity index (χ1v) is 20.4. The van der Waals surface area contributed by atoms with Gasteiger partial charge in [-0.25, -0.2) is 4.79 Å². The van der Waals surface area contributed by atoms with Gasteiger partial charge in [0.2, 0.25) is 4.38 Å². The molecule has 3 heterocycles. The zero-order valence-corrected chi connectivity index (χ0v) is 34.8. The summed E-state index contributed by atoms with van der Waals surface area (Å²) < 4.78 is 38.4. The van der Waals surface area contributed by atoms with Crippen LogP contribution in [0.2, 0.25) is 0 Å². The smallest absolute Gasteiger partial charge is 0.335 e. The van der Waals surface area contributed by atoms with Gasteiger partial charge in [0.25, 0.3) is 0 Å². The van der Waals surface area contributed by atoms with Gasteiger partial charge in [0.1, 0.15) is 55.4 Å². The quantitative estimate of drug-likeness (QED) is 0.0775. The summed E-state index contributed by atoms with van der Waals surface area (Å²) in [4.78, 5) is 10.2. The molecular weight excluding hydrogens is 765 g/mol. The fourth-order valence-corrected chi connectivity index (χ4v) is 6.01. The molecule has 57 heavy (non-hydrogen) atoms. The topological polar surface area (TPSA) is 161 Å². The SMILES string of the molecule is CC(C)(c1ccc(OCC2CO2)cc1)c1ccc(OCC2CO2)cc1.CC(N)COCC(C)N.O=C(O)c1ccccc1.S=C1OC(COc2ccccc2)CS1. The minimum atomic E-state index is -0.879. The first-order chi connectivity index (χ1) is 27.4. The van der Waals surface area contributed by atoms with Crippen LogP contribution in [0, 0.1) is 0 Å². The van der Waals surface area contributed by atoms with Gasteiger partial charge < -0.3 is 49.7 Å². The predicted octanol–water partition coefficient (Wildman–Crippen LogP) is 7.13. The van der Waals surface area contributed by atoms with E-state index in [0.717, 1.165) is 36.2 Å². The number of ether oxygens (including phenoxy) is 7. The van der Waals surface area contributed by atoms with Gasteiger partial charge in [0.15, 0.2) is 0 Å². The first kappa shape index (κ1) is 45.5. The molecule has 5 atom stereocenters. The van der Waals surface area contributed by atoms with Crippen LogP contribution in [0.1, 0.15) is 49.2 Å². The highest BCUT2D eigenvalue weighted by Crippen LogP contribution is 2.33. The number of hydrogen-bond donors (Lipinski definition) is 3. The van der Waals surface area contributed by atoms with E-state index in [0.29, 0.717) is 43.0 Å². The lowest BCUT2D eigenvalue weighted by Crippen LogP contribution is -2.27. The van der Waals surface area contributed by atoms with E-state index in [1.54, 1.807) is 42.1 Å². The average molecular weight is 821 g/mol. The number of rotatable bonds is 16. The number of benzene rings is 4. The summed E-state index contributed by atoms with van der Waals surface area (Å²) in [6, 6.07) is 34.9. The maximum atomic E-state index is 10.2. The molecule has 308 valence electrons. The molecule has 3 saturated heterocycles. The predicted molar refractivity (Wildman–Crippen MR) is 229 cm³/mol. The third-order valence-electron chi connectivity index (χ3n) is 8.44. The van der Waals surface area contributed by atoms with E-state index >= 15 is 0 Å². The molecule has 11 nitrogen and oxygen atoms in total. The van der Waals surface area contributed by atoms with Crippen LogP contribution in [0.5, 0.6) is 17.2 Å². The fraction of sp³-hybridized carbons (Fsp3) is 0.409. The molecule has 3 fully saturated rings. The zero-order valence-electron chi connectivity index (χ0n) is 33.1. The molecule has 5 unspecified atom stereocenters. The molecule has 0 amide bonds. The molecular formula is C44H56N2O9S2. The molecule has 4 aromatic carbocycles. The summed E-state index contributed by atoms with van der Waals surface area (Å²) in [7, 11) is 0. The highest BCUT2D eigenvalue weighted by atomic mass is 32.2. The Bertz CT molecular complexity index is 1670. The van der Waals surface area contributed by atoms with Crippen molar-refractivity contribution in [1.29, 1.82) is 0 Å². The second kappa shape index (κ2) is 23.9. The number of carboxylic acids is 1. The van der Waals surface area contributed by atoms with Crippen LogP contribution in [-0.2, 0) is 24.4 Å². The molecule has 3 aliphatic rings. The van der Waals surface area contributed by atoms with Crippen LogP contribution in [0.3, 0.4) is 0 Å². The number of epoxide rings is 2. The molecule has 0 bridgehead atoms. The lowest BCUT2D eigenvalue weighted by molar-refractivity contribution is 0.0697. The van der Waals surface area contributed by atoms with Crippen molar-refractivity contribution in [3.63, 3.8) is 0 Å². The number of nitrogens with two attached hydrogens (primary N) is 2. The lowest BCUT2D eigenvalue weighted by atomic mass is 9.78. The van der Waals surface area contributed by atoms with Crippen LogP contribution in [-0.4, -0.2) is 97.9 Å². The minimum absolute atomic E-state index is 0.0870. The Kier molecular flexibility index (Phi) is 19.1. The molecule has 0 spiro atoms. The molecule has 7 rings (SSSR count). The largest absolute Gasteiger partial charge is 0.491 e. The number of carbonyl (C=O) groups is 1. The number of para-hydroxylation sites is 1. The number of carboxylic acid groups (broad SMARTS) is 1. The van der Waals surface area contributed by atoms with Crippen molar-refractivity contribution in [1.82, 2.24) is 0 Å². The average Bonchev–Trinajstić information content (AvgIpc) is 4.16. The van der Waals surface area contributed by atoms with Crippen molar-refractivity contribution >= 4 is 34.3 Å². The van der Waals surface area contributed by atoms with E-state index in [-0.39, 0.29) is 35.8 Å². The summed E-state index contributed by atoms with van der Waals surface area (Å²) in [6.07, 6.45) is 0.666. The summed E-state index contributed by atoms with van der Waals surface area (Å²) in [6.45, 7) is 12.9. The normalized spacial score (nSPS) is 18.7. The highest BCUT2D eigenvalue weighted by Gasteiger charge is 2.26. The maximum absolute atomic E-state index is 10.2. The van der Waals surface area contributed by atoms with Gasteiger partial charge in [-0.3, -0.25) is 0 Å². The number of thioether (sulfide) groups is 1. The van der Waals surface area contributed by atoms with Gasteiger partial charge in [-0.15, -0.1) is 0 Å². The Morgan fingerprint density at radius 3 is 1.47 bits per heavy atom. The van der Waals surface area contributed by atoms with Crippen LogP contribution >= 0.6 is 24.0 Å². The molecule has 0 radical (unpaired) electrons. The van der Waals surface area contributed by atoms with Gasteiger partial charge in [-0.2, -0.15) is 0 Å². The van der Waals surface area contributed by atoms with E-state index < -0.39 is 5.97 Å². The molecule has 0 aromatic heterocycles. The molecule has 13 heteroatoms. The van der Waals surface area contributed by atoms with E-state index in [9.17, 15) is 4.79 Å². The number of hydrogen-bond acceptors (Lipinski definition) is 12. The molecule has 0 saturated carbocycles. The van der Waals surface area contributed by atoms with Crippen molar-refractivity contribution in [3.05, 3.63) is 126 Å². The van der Waals surface area contributed by atoms with Crippen molar-refractivity contribution in [2.45, 2.75) is 63.5 Å².